The number of carbonyl (C=O) groups excluding carboxylic acids is 1. The van der Waals surface area contributed by atoms with Crippen LogP contribution >= 0.6 is 0 Å². The number of fused-ring (bicyclic) bond motifs is 1. The molecule has 148 valence electrons. The molecule has 0 saturated carbocycles. The largest absolute Gasteiger partial charge is 0.376 e. The maximum atomic E-state index is 14.4. The van der Waals surface area contributed by atoms with Crippen LogP contribution in [0, 0.1) is 17.6 Å². The van der Waals surface area contributed by atoms with Crippen molar-refractivity contribution in [3.05, 3.63) is 70.8 Å². The number of carbonyl (C=O) groups is 1. The normalized spacial score (nSPS) is 23.3. The van der Waals surface area contributed by atoms with Gasteiger partial charge in [0.2, 0.25) is 0 Å². The topological polar surface area (TPSA) is 29.5 Å². The van der Waals surface area contributed by atoms with Crippen molar-refractivity contribution in [1.82, 2.24) is 4.90 Å². The summed E-state index contributed by atoms with van der Waals surface area (Å²) in [6.45, 7) is 0.150. The van der Waals surface area contributed by atoms with Crippen LogP contribution in [0.5, 0.6) is 0 Å². The molecule has 1 fully saturated rings. The van der Waals surface area contributed by atoms with Crippen LogP contribution in [-0.2, 0) is 16.0 Å². The molecule has 1 aliphatic heterocycles. The van der Waals surface area contributed by atoms with Crippen molar-refractivity contribution < 1.29 is 22.7 Å². The third kappa shape index (κ3) is 3.47. The zero-order valence-corrected chi connectivity index (χ0v) is 15.6. The first-order chi connectivity index (χ1) is 13.5. The number of ketones is 1. The highest BCUT2D eigenvalue weighted by Gasteiger charge is 2.41. The zero-order chi connectivity index (χ0) is 19.8. The van der Waals surface area contributed by atoms with Gasteiger partial charge < -0.3 is 4.74 Å². The lowest BCUT2D eigenvalue weighted by Gasteiger charge is -2.40. The van der Waals surface area contributed by atoms with Gasteiger partial charge >= 0.3 is 0 Å². The summed E-state index contributed by atoms with van der Waals surface area (Å²) >= 11 is 0. The van der Waals surface area contributed by atoms with E-state index in [-0.39, 0.29) is 42.9 Å². The highest BCUT2D eigenvalue weighted by Crippen LogP contribution is 2.42. The molecular weight excluding hydrogens is 367 g/mol. The number of halogens is 3. The summed E-state index contributed by atoms with van der Waals surface area (Å²) < 4.78 is 46.8. The summed E-state index contributed by atoms with van der Waals surface area (Å²) in [4.78, 5) is 14.8. The van der Waals surface area contributed by atoms with Gasteiger partial charge in [-0.2, -0.15) is 0 Å². The van der Waals surface area contributed by atoms with E-state index in [1.165, 1.54) is 6.07 Å². The number of nitrogens with zero attached hydrogens (tertiary/aromatic N) is 1. The van der Waals surface area contributed by atoms with Gasteiger partial charge in [-0.1, -0.05) is 30.3 Å². The second kappa shape index (κ2) is 7.68. The molecule has 0 aromatic heterocycles. The Morgan fingerprint density at radius 2 is 1.96 bits per heavy atom. The Bertz CT molecular complexity index is 882. The van der Waals surface area contributed by atoms with Crippen LogP contribution in [-0.4, -0.2) is 37.1 Å². The lowest BCUT2D eigenvalue weighted by molar-refractivity contribution is -0.130. The minimum atomic E-state index is -1.03. The molecule has 1 heterocycles. The van der Waals surface area contributed by atoms with Crippen LogP contribution in [0.2, 0.25) is 0 Å². The standard InChI is InChI=1S/C22H22F3NO2/c1-28-22-14(8-13-4-2-3-5-17(13)22)9-20(27)21(26-11-16(24)12-26)18-7-6-15(23)10-19(18)25/h2-7,10,14,16,21-22H,8-9,11-12H2,1H3. The summed E-state index contributed by atoms with van der Waals surface area (Å²) in [5.41, 5.74) is 2.31. The number of rotatable bonds is 6. The molecule has 3 unspecified atom stereocenters. The van der Waals surface area contributed by atoms with E-state index in [9.17, 15) is 18.0 Å². The first-order valence-electron chi connectivity index (χ1n) is 9.44. The Balaban J connectivity index is 1.58. The van der Waals surface area contributed by atoms with Gasteiger partial charge in [-0.3, -0.25) is 9.69 Å². The van der Waals surface area contributed by atoms with Gasteiger partial charge in [-0.05, 0) is 23.6 Å². The van der Waals surface area contributed by atoms with Crippen LogP contribution < -0.4 is 0 Å². The smallest absolute Gasteiger partial charge is 0.155 e. The Morgan fingerprint density at radius 1 is 1.21 bits per heavy atom. The van der Waals surface area contributed by atoms with E-state index >= 15 is 0 Å². The van der Waals surface area contributed by atoms with Crippen LogP contribution in [0.25, 0.3) is 0 Å². The van der Waals surface area contributed by atoms with Gasteiger partial charge in [0.1, 0.15) is 17.8 Å². The third-order valence-electron chi connectivity index (χ3n) is 5.78. The molecule has 2 aromatic carbocycles. The molecule has 0 radical (unpaired) electrons. The van der Waals surface area contributed by atoms with Crippen molar-refractivity contribution in [2.75, 3.05) is 20.2 Å². The van der Waals surface area contributed by atoms with Gasteiger partial charge in [0.25, 0.3) is 0 Å². The molecule has 3 atom stereocenters. The van der Waals surface area contributed by atoms with E-state index in [0.717, 1.165) is 23.3 Å². The third-order valence-corrected chi connectivity index (χ3v) is 5.78. The summed E-state index contributed by atoms with van der Waals surface area (Å²) in [5.74, 6) is -1.75. The van der Waals surface area contributed by atoms with E-state index in [4.69, 9.17) is 4.74 Å². The maximum Gasteiger partial charge on any atom is 0.155 e. The molecule has 6 heteroatoms. The van der Waals surface area contributed by atoms with E-state index < -0.39 is 23.8 Å². The van der Waals surface area contributed by atoms with Crippen LogP contribution in [0.15, 0.2) is 42.5 Å². The zero-order valence-electron chi connectivity index (χ0n) is 15.6. The molecular formula is C22H22F3NO2. The second-order valence-corrected chi connectivity index (χ2v) is 7.61. The quantitative estimate of drug-likeness (QED) is 0.742. The molecule has 0 N–H and O–H groups in total. The van der Waals surface area contributed by atoms with Crippen molar-refractivity contribution in [2.45, 2.75) is 31.2 Å². The number of methoxy groups -OCH3 is 1. The molecule has 1 saturated heterocycles. The number of likely N-dealkylation sites (tertiary alicyclic amines) is 1. The number of ether oxygens (including phenoxy) is 1. The highest BCUT2D eigenvalue weighted by atomic mass is 19.1. The Kier molecular flexibility index (Phi) is 5.25. The number of hydrogen-bond acceptors (Lipinski definition) is 3. The van der Waals surface area contributed by atoms with E-state index in [1.54, 1.807) is 12.0 Å². The average Bonchev–Trinajstić information content (AvgIpc) is 2.99. The molecule has 1 aliphatic carbocycles. The summed E-state index contributed by atoms with van der Waals surface area (Å²) in [7, 11) is 1.62. The van der Waals surface area contributed by atoms with Gasteiger partial charge in [0.05, 0.1) is 12.1 Å². The number of hydrogen-bond donors (Lipinski definition) is 0. The van der Waals surface area contributed by atoms with Crippen molar-refractivity contribution in [1.29, 1.82) is 0 Å². The lowest BCUT2D eigenvalue weighted by Crippen LogP contribution is -2.52. The number of alkyl halides is 1. The van der Waals surface area contributed by atoms with E-state index in [1.807, 2.05) is 24.3 Å². The maximum absolute atomic E-state index is 14.4. The number of Topliss-reactive ketones (excluding diaryl/α,β-unsaturated/α-hetero) is 1. The Labute approximate surface area is 162 Å². The molecule has 4 rings (SSSR count). The summed E-state index contributed by atoms with van der Waals surface area (Å²) in [6.07, 6.45) is -0.349. The molecule has 0 amide bonds. The highest BCUT2D eigenvalue weighted by molar-refractivity contribution is 5.86. The average molecular weight is 389 g/mol. The fourth-order valence-electron chi connectivity index (χ4n) is 4.47. The molecule has 0 spiro atoms. The predicted molar refractivity (Wildman–Crippen MR) is 98.6 cm³/mol. The second-order valence-electron chi connectivity index (χ2n) is 7.61. The summed E-state index contributed by atoms with van der Waals surface area (Å²) in [5, 5.41) is 0. The molecule has 2 aliphatic rings. The fourth-order valence-corrected chi connectivity index (χ4v) is 4.47. The van der Waals surface area contributed by atoms with Crippen molar-refractivity contribution in [3.63, 3.8) is 0 Å². The first-order valence-corrected chi connectivity index (χ1v) is 9.44. The summed E-state index contributed by atoms with van der Waals surface area (Å²) in [6, 6.07) is 10.2. The molecule has 0 bridgehead atoms. The van der Waals surface area contributed by atoms with Gasteiger partial charge in [0, 0.05) is 44.2 Å². The Morgan fingerprint density at radius 3 is 2.64 bits per heavy atom. The van der Waals surface area contributed by atoms with Crippen molar-refractivity contribution in [2.24, 2.45) is 5.92 Å². The number of benzene rings is 2. The Hall–Kier alpha value is -2.18. The lowest BCUT2D eigenvalue weighted by atomic mass is 9.89. The van der Waals surface area contributed by atoms with Crippen LogP contribution in [0.4, 0.5) is 13.2 Å². The van der Waals surface area contributed by atoms with Crippen LogP contribution in [0.3, 0.4) is 0 Å². The SMILES string of the molecule is COC1c2ccccc2CC1CC(=O)C(c1ccc(F)cc1F)N1CC(F)C1. The van der Waals surface area contributed by atoms with Crippen molar-refractivity contribution >= 4 is 5.78 Å². The molecule has 2 aromatic rings. The first kappa shape index (κ1) is 19.2. The predicted octanol–water partition coefficient (Wildman–Crippen LogP) is 4.18. The van der Waals surface area contributed by atoms with E-state index in [2.05, 4.69) is 0 Å². The van der Waals surface area contributed by atoms with E-state index in [0.29, 0.717) is 6.42 Å². The monoisotopic (exact) mass is 389 g/mol. The van der Waals surface area contributed by atoms with Crippen molar-refractivity contribution in [3.8, 4) is 0 Å². The van der Waals surface area contributed by atoms with Gasteiger partial charge in [-0.25, -0.2) is 13.2 Å². The fraction of sp³-hybridized carbons (Fsp3) is 0.409. The molecule has 3 nitrogen and oxygen atoms in total. The van der Waals surface area contributed by atoms with Crippen LogP contribution in [0.1, 0.15) is 35.3 Å². The minimum Gasteiger partial charge on any atom is -0.376 e. The minimum absolute atomic E-state index is 0.0663. The molecule has 28 heavy (non-hydrogen) atoms. The van der Waals surface area contributed by atoms with Gasteiger partial charge in [0.15, 0.2) is 5.78 Å². The van der Waals surface area contributed by atoms with Gasteiger partial charge in [-0.15, -0.1) is 0 Å².